The molecule has 16 heavy (non-hydrogen) atoms. The van der Waals surface area contributed by atoms with Crippen LogP contribution in [0.1, 0.15) is 13.3 Å². The maximum atomic E-state index is 11.8. The number of nitrogens with zero attached hydrogens (tertiary/aromatic N) is 1. The van der Waals surface area contributed by atoms with Crippen molar-refractivity contribution >= 4 is 11.8 Å². The Labute approximate surface area is 95.0 Å². The Hall–Kier alpha value is -1.14. The second-order valence-electron chi connectivity index (χ2n) is 3.70. The minimum absolute atomic E-state index is 0.0517. The van der Waals surface area contributed by atoms with Gasteiger partial charge in [-0.15, -0.1) is 0 Å². The van der Waals surface area contributed by atoms with Crippen LogP contribution in [0.25, 0.3) is 0 Å². The Morgan fingerprint density at radius 2 is 2.31 bits per heavy atom. The molecule has 0 aliphatic carbocycles. The summed E-state index contributed by atoms with van der Waals surface area (Å²) in [5.41, 5.74) is 0. The lowest BCUT2D eigenvalue weighted by Crippen LogP contribution is -2.54. The number of hydrogen-bond donors (Lipinski definition) is 3. The number of amides is 2. The fourth-order valence-corrected chi connectivity index (χ4v) is 1.70. The molecule has 1 saturated heterocycles. The summed E-state index contributed by atoms with van der Waals surface area (Å²) >= 11 is 0. The molecule has 2 amide bonds. The van der Waals surface area contributed by atoms with Crippen molar-refractivity contribution in [3.63, 3.8) is 0 Å². The van der Waals surface area contributed by atoms with Gasteiger partial charge in [0.1, 0.15) is 0 Å². The van der Waals surface area contributed by atoms with Gasteiger partial charge in [0.15, 0.2) is 0 Å². The number of likely N-dealkylation sites (N-methyl/N-ethyl adjacent to an activating group) is 1. The van der Waals surface area contributed by atoms with Crippen LogP contribution in [0.3, 0.4) is 0 Å². The van der Waals surface area contributed by atoms with Gasteiger partial charge in [0.2, 0.25) is 11.8 Å². The van der Waals surface area contributed by atoms with Crippen LogP contribution in [0.15, 0.2) is 0 Å². The summed E-state index contributed by atoms with van der Waals surface area (Å²) in [4.78, 5) is 24.7. The zero-order chi connectivity index (χ0) is 12.0. The number of nitrogens with one attached hydrogen (secondary N) is 2. The molecule has 0 bridgehead atoms. The van der Waals surface area contributed by atoms with Gasteiger partial charge in [-0.25, -0.2) is 0 Å². The molecule has 6 nitrogen and oxygen atoms in total. The Morgan fingerprint density at radius 1 is 1.56 bits per heavy atom. The van der Waals surface area contributed by atoms with Gasteiger partial charge in [0.05, 0.1) is 19.1 Å². The summed E-state index contributed by atoms with van der Waals surface area (Å²) in [5.74, 6) is -0.231. The molecule has 1 atom stereocenters. The highest BCUT2D eigenvalue weighted by atomic mass is 16.3. The van der Waals surface area contributed by atoms with Crippen LogP contribution >= 0.6 is 0 Å². The van der Waals surface area contributed by atoms with Crippen molar-refractivity contribution in [2.24, 2.45) is 0 Å². The van der Waals surface area contributed by atoms with Crippen LogP contribution in [0, 0.1) is 0 Å². The molecule has 1 rings (SSSR count). The lowest BCUT2D eigenvalue weighted by molar-refractivity contribution is -0.135. The maximum Gasteiger partial charge on any atom is 0.237 e. The predicted molar refractivity (Wildman–Crippen MR) is 58.8 cm³/mol. The Balaban J connectivity index is 2.45. The molecular formula is C10H19N3O3. The molecule has 0 aromatic heterocycles. The van der Waals surface area contributed by atoms with Gasteiger partial charge in [-0.05, 0) is 6.92 Å². The molecular weight excluding hydrogens is 210 g/mol. The largest absolute Gasteiger partial charge is 0.395 e. The van der Waals surface area contributed by atoms with Crippen LogP contribution in [-0.4, -0.2) is 60.6 Å². The third kappa shape index (κ3) is 3.46. The predicted octanol–water partition coefficient (Wildman–Crippen LogP) is -1.69. The van der Waals surface area contributed by atoms with E-state index in [-0.39, 0.29) is 24.8 Å². The minimum atomic E-state index is -0.436. The molecule has 6 heteroatoms. The third-order valence-electron chi connectivity index (χ3n) is 2.61. The Morgan fingerprint density at radius 3 is 2.88 bits per heavy atom. The summed E-state index contributed by atoms with van der Waals surface area (Å²) in [6.45, 7) is 3.97. The minimum Gasteiger partial charge on any atom is -0.395 e. The van der Waals surface area contributed by atoms with Crippen molar-refractivity contribution in [1.82, 2.24) is 15.5 Å². The third-order valence-corrected chi connectivity index (χ3v) is 2.61. The molecule has 0 aromatic carbocycles. The van der Waals surface area contributed by atoms with E-state index in [1.54, 1.807) is 4.90 Å². The van der Waals surface area contributed by atoms with E-state index in [2.05, 4.69) is 10.6 Å². The molecule has 1 heterocycles. The molecule has 0 saturated carbocycles. The first-order valence-electron chi connectivity index (χ1n) is 5.58. The van der Waals surface area contributed by atoms with Crippen molar-refractivity contribution in [3.05, 3.63) is 0 Å². The molecule has 1 fully saturated rings. The fourth-order valence-electron chi connectivity index (χ4n) is 1.70. The molecule has 0 radical (unpaired) electrons. The number of hydrogen-bond acceptors (Lipinski definition) is 4. The highest BCUT2D eigenvalue weighted by molar-refractivity contribution is 5.88. The van der Waals surface area contributed by atoms with Crippen LogP contribution in [0.5, 0.6) is 0 Å². The van der Waals surface area contributed by atoms with E-state index >= 15 is 0 Å². The molecule has 0 aromatic rings. The summed E-state index contributed by atoms with van der Waals surface area (Å²) < 4.78 is 0. The van der Waals surface area contributed by atoms with Gasteiger partial charge in [0, 0.05) is 26.2 Å². The van der Waals surface area contributed by atoms with Crippen molar-refractivity contribution in [1.29, 1.82) is 0 Å². The normalized spacial score (nSPS) is 20.4. The summed E-state index contributed by atoms with van der Waals surface area (Å²) in [5, 5.41) is 14.5. The number of aliphatic hydroxyl groups excluding tert-OH is 1. The average molecular weight is 229 g/mol. The number of rotatable bonds is 5. The van der Waals surface area contributed by atoms with Gasteiger partial charge in [-0.3, -0.25) is 9.59 Å². The number of carbonyl (C=O) groups excluding carboxylic acids is 2. The van der Waals surface area contributed by atoms with Crippen molar-refractivity contribution in [2.75, 3.05) is 32.8 Å². The molecule has 1 aliphatic rings. The first-order valence-corrected chi connectivity index (χ1v) is 5.58. The summed E-state index contributed by atoms with van der Waals surface area (Å²) in [7, 11) is 0. The molecule has 3 N–H and O–H groups in total. The fraction of sp³-hybridized carbons (Fsp3) is 0.800. The summed E-state index contributed by atoms with van der Waals surface area (Å²) in [6, 6.07) is -0.436. The Bertz CT molecular complexity index is 258. The molecule has 92 valence electrons. The van der Waals surface area contributed by atoms with E-state index in [1.807, 2.05) is 6.92 Å². The van der Waals surface area contributed by atoms with Gasteiger partial charge in [0.25, 0.3) is 0 Å². The van der Waals surface area contributed by atoms with Gasteiger partial charge in [-0.2, -0.15) is 0 Å². The van der Waals surface area contributed by atoms with Crippen LogP contribution in [0.4, 0.5) is 0 Å². The van der Waals surface area contributed by atoms with E-state index in [1.165, 1.54) is 0 Å². The Kier molecular flexibility index (Phi) is 5.21. The first-order chi connectivity index (χ1) is 7.69. The lowest BCUT2D eigenvalue weighted by atomic mass is 10.1. The first kappa shape index (κ1) is 12.9. The zero-order valence-electron chi connectivity index (χ0n) is 9.53. The van der Waals surface area contributed by atoms with Gasteiger partial charge >= 0.3 is 0 Å². The van der Waals surface area contributed by atoms with Crippen LogP contribution < -0.4 is 10.6 Å². The zero-order valence-corrected chi connectivity index (χ0v) is 9.53. The number of aliphatic hydroxyl groups is 1. The highest BCUT2D eigenvalue weighted by Crippen LogP contribution is 2.01. The maximum absolute atomic E-state index is 11.8. The van der Waals surface area contributed by atoms with Crippen molar-refractivity contribution < 1.29 is 14.7 Å². The second kappa shape index (κ2) is 6.44. The van der Waals surface area contributed by atoms with E-state index in [4.69, 9.17) is 5.11 Å². The SMILES string of the molecule is CCN(CCO)C(=O)CC1NCCNC1=O. The average Bonchev–Trinajstić information content (AvgIpc) is 2.29. The quantitative estimate of drug-likeness (QED) is 0.525. The van der Waals surface area contributed by atoms with Gasteiger partial charge in [-0.1, -0.05) is 0 Å². The molecule has 1 unspecified atom stereocenters. The number of carbonyl (C=O) groups is 2. The van der Waals surface area contributed by atoms with Gasteiger partial charge < -0.3 is 20.6 Å². The van der Waals surface area contributed by atoms with Crippen LogP contribution in [-0.2, 0) is 9.59 Å². The van der Waals surface area contributed by atoms with E-state index < -0.39 is 6.04 Å². The standard InChI is InChI=1S/C10H19N3O3/c1-2-13(5-6-14)9(15)7-8-10(16)12-4-3-11-8/h8,11,14H,2-7H2,1H3,(H,12,16). The van der Waals surface area contributed by atoms with E-state index in [0.29, 0.717) is 26.2 Å². The van der Waals surface area contributed by atoms with E-state index in [9.17, 15) is 9.59 Å². The second-order valence-corrected chi connectivity index (χ2v) is 3.70. The van der Waals surface area contributed by atoms with Crippen molar-refractivity contribution in [2.45, 2.75) is 19.4 Å². The number of piperazine rings is 1. The van der Waals surface area contributed by atoms with Crippen molar-refractivity contribution in [3.8, 4) is 0 Å². The topological polar surface area (TPSA) is 81.7 Å². The lowest BCUT2D eigenvalue weighted by Gasteiger charge is -2.26. The highest BCUT2D eigenvalue weighted by Gasteiger charge is 2.25. The molecule has 0 spiro atoms. The smallest absolute Gasteiger partial charge is 0.237 e. The monoisotopic (exact) mass is 229 g/mol. The summed E-state index contributed by atoms with van der Waals surface area (Å²) in [6.07, 6.45) is 0.152. The van der Waals surface area contributed by atoms with Crippen LogP contribution in [0.2, 0.25) is 0 Å². The van der Waals surface area contributed by atoms with E-state index in [0.717, 1.165) is 0 Å². The molecule has 1 aliphatic heterocycles.